The fourth-order valence-electron chi connectivity index (χ4n) is 8.20. The van der Waals surface area contributed by atoms with Crippen molar-refractivity contribution in [2.24, 2.45) is 5.92 Å². The van der Waals surface area contributed by atoms with Gasteiger partial charge in [0.1, 0.15) is 17.8 Å². The van der Waals surface area contributed by atoms with E-state index in [9.17, 15) is 17.6 Å². The second kappa shape index (κ2) is 13.6. The zero-order valence-corrected chi connectivity index (χ0v) is 28.2. The average molecular weight is 678 g/mol. The Labute approximate surface area is 281 Å². The molecule has 3 aromatic rings. The molecular weight excluding hydrogens is 633 g/mol. The summed E-state index contributed by atoms with van der Waals surface area (Å²) in [7, 11) is -1.54. The summed E-state index contributed by atoms with van der Waals surface area (Å²) in [5.74, 6) is 1.87. The molecule has 11 nitrogen and oxygen atoms in total. The van der Waals surface area contributed by atoms with Gasteiger partial charge in [-0.1, -0.05) is 19.1 Å². The third kappa shape index (κ3) is 6.34. The Morgan fingerprint density at radius 2 is 1.85 bits per heavy atom. The molecule has 7 rings (SSSR count). The number of nitrogens with zero attached hydrogens (tertiary/aromatic N) is 6. The van der Waals surface area contributed by atoms with Gasteiger partial charge in [-0.2, -0.15) is 4.98 Å². The number of ether oxygens (including phenoxy) is 1. The lowest BCUT2D eigenvalue weighted by Crippen LogP contribution is -2.46. The Kier molecular flexibility index (Phi) is 9.25. The number of rotatable bonds is 8. The first-order valence-corrected chi connectivity index (χ1v) is 18.8. The SMILES string of the molecule is C=CC(=O)N1CCC[C@H]1c1ccc(N2CC[C@@H]([C@H]3CCCCS3(=O)=O)C2)c2cnc(Nc3ccnc(N4CC[C@@H](OC)[C@@H](F)C4)n3)cc12. The van der Waals surface area contributed by atoms with E-state index in [0.29, 0.717) is 49.4 Å². The van der Waals surface area contributed by atoms with E-state index in [-0.39, 0.29) is 29.7 Å². The third-order valence-electron chi connectivity index (χ3n) is 10.7. The number of halogens is 1. The zero-order chi connectivity index (χ0) is 33.4. The first kappa shape index (κ1) is 32.7. The number of hydrogen-bond donors (Lipinski definition) is 1. The number of hydrogen-bond acceptors (Lipinski definition) is 10. The Bertz CT molecular complexity index is 1790. The van der Waals surface area contributed by atoms with Gasteiger partial charge in [0.25, 0.3) is 0 Å². The summed E-state index contributed by atoms with van der Waals surface area (Å²) >= 11 is 0. The normalized spacial score (nSPS) is 27.4. The molecule has 0 bridgehead atoms. The van der Waals surface area contributed by atoms with Crippen molar-refractivity contribution in [3.05, 3.63) is 54.9 Å². The predicted molar refractivity (Wildman–Crippen MR) is 185 cm³/mol. The molecule has 2 aromatic heterocycles. The number of carbonyl (C=O) groups excluding carboxylic acids is 1. The molecule has 256 valence electrons. The van der Waals surface area contributed by atoms with Gasteiger partial charge in [0.15, 0.2) is 9.84 Å². The molecule has 0 saturated carbocycles. The highest BCUT2D eigenvalue weighted by atomic mass is 32.2. The van der Waals surface area contributed by atoms with Crippen molar-refractivity contribution in [1.29, 1.82) is 0 Å². The van der Waals surface area contributed by atoms with Gasteiger partial charge < -0.3 is 24.8 Å². The summed E-state index contributed by atoms with van der Waals surface area (Å²) in [5, 5.41) is 5.00. The van der Waals surface area contributed by atoms with Gasteiger partial charge in [0.05, 0.1) is 29.7 Å². The van der Waals surface area contributed by atoms with E-state index in [1.807, 2.05) is 22.1 Å². The molecule has 1 amide bonds. The Morgan fingerprint density at radius 3 is 2.65 bits per heavy atom. The van der Waals surface area contributed by atoms with Gasteiger partial charge in [-0.05, 0) is 79.7 Å². The van der Waals surface area contributed by atoms with Crippen LogP contribution in [0.25, 0.3) is 10.8 Å². The molecule has 5 atom stereocenters. The van der Waals surface area contributed by atoms with Crippen LogP contribution in [0.1, 0.15) is 56.6 Å². The molecule has 4 fully saturated rings. The number of methoxy groups -OCH3 is 1. The number of sulfone groups is 1. The number of likely N-dealkylation sites (tertiary alicyclic amines) is 1. The topological polar surface area (TPSA) is 121 Å². The van der Waals surface area contributed by atoms with Gasteiger partial charge in [0.2, 0.25) is 11.9 Å². The van der Waals surface area contributed by atoms with E-state index in [0.717, 1.165) is 67.1 Å². The summed E-state index contributed by atoms with van der Waals surface area (Å²) in [6.45, 7) is 6.62. The van der Waals surface area contributed by atoms with Crippen molar-refractivity contribution in [1.82, 2.24) is 19.9 Å². The number of piperidine rings is 1. The highest BCUT2D eigenvalue weighted by Crippen LogP contribution is 2.42. The predicted octanol–water partition coefficient (Wildman–Crippen LogP) is 4.97. The van der Waals surface area contributed by atoms with E-state index in [1.54, 1.807) is 12.3 Å². The second-order valence-corrected chi connectivity index (χ2v) is 15.8. The maximum atomic E-state index is 14.6. The summed E-state index contributed by atoms with van der Waals surface area (Å²) in [4.78, 5) is 32.8. The molecule has 1 aromatic carbocycles. The summed E-state index contributed by atoms with van der Waals surface area (Å²) in [5.41, 5.74) is 2.06. The lowest BCUT2D eigenvalue weighted by molar-refractivity contribution is -0.126. The lowest BCUT2D eigenvalue weighted by Gasteiger charge is -2.33. The average Bonchev–Trinajstić information content (AvgIpc) is 3.78. The van der Waals surface area contributed by atoms with E-state index in [2.05, 4.69) is 38.9 Å². The quantitative estimate of drug-likeness (QED) is 0.327. The van der Waals surface area contributed by atoms with Crippen LogP contribution in [0.4, 0.5) is 27.7 Å². The number of nitrogens with one attached hydrogen (secondary N) is 1. The molecule has 4 saturated heterocycles. The van der Waals surface area contributed by atoms with Gasteiger partial charge in [-0.3, -0.25) is 4.79 Å². The first-order valence-electron chi connectivity index (χ1n) is 17.1. The van der Waals surface area contributed by atoms with Crippen LogP contribution in [0, 0.1) is 5.92 Å². The number of benzene rings is 1. The van der Waals surface area contributed by atoms with Crippen molar-refractivity contribution in [2.75, 3.05) is 60.7 Å². The van der Waals surface area contributed by atoms with Gasteiger partial charge in [0, 0.05) is 56.8 Å². The van der Waals surface area contributed by atoms with Gasteiger partial charge in [-0.15, -0.1) is 0 Å². The van der Waals surface area contributed by atoms with E-state index >= 15 is 0 Å². The summed E-state index contributed by atoms with van der Waals surface area (Å²) in [6, 6.07) is 7.89. The standard InChI is InChI=1S/C35H44FN7O4S/c1-3-34(44)43-15-6-7-29(43)24-9-10-28(41-16-12-23(21-41)31-8-4-5-18-48(31,45)46)26-20-38-33(19-25(24)26)39-32-11-14-37-35(40-32)42-17-13-30(47-2)27(36)22-42/h3,9-11,14,19-20,23,27,29-31H,1,4-8,12-13,15-18,21-22H2,2H3,(H,37,38,39,40)/t23-,27+,29+,30-,31-/m1/s1. The van der Waals surface area contributed by atoms with E-state index in [4.69, 9.17) is 9.72 Å². The zero-order valence-electron chi connectivity index (χ0n) is 27.4. The number of aromatic nitrogens is 3. The number of fused-ring (bicyclic) bond motifs is 1. The number of anilines is 4. The highest BCUT2D eigenvalue weighted by molar-refractivity contribution is 7.92. The van der Waals surface area contributed by atoms with E-state index < -0.39 is 22.1 Å². The lowest BCUT2D eigenvalue weighted by atomic mass is 9.96. The van der Waals surface area contributed by atoms with Crippen LogP contribution < -0.4 is 15.1 Å². The summed E-state index contributed by atoms with van der Waals surface area (Å²) < 4.78 is 45.8. The van der Waals surface area contributed by atoms with Crippen LogP contribution in [0.2, 0.25) is 0 Å². The minimum absolute atomic E-state index is 0.0863. The number of carbonyl (C=O) groups is 1. The highest BCUT2D eigenvalue weighted by Gasteiger charge is 2.39. The Morgan fingerprint density at radius 1 is 1.00 bits per heavy atom. The van der Waals surface area contributed by atoms with Crippen molar-refractivity contribution in [3.63, 3.8) is 0 Å². The number of alkyl halides is 1. The van der Waals surface area contributed by atoms with Crippen LogP contribution in [0.15, 0.2) is 49.3 Å². The van der Waals surface area contributed by atoms with Crippen LogP contribution >= 0.6 is 0 Å². The molecule has 0 aliphatic carbocycles. The molecule has 13 heteroatoms. The number of pyridine rings is 1. The Hall–Kier alpha value is -3.84. The minimum Gasteiger partial charge on any atom is -0.378 e. The third-order valence-corrected chi connectivity index (χ3v) is 13.1. The molecule has 1 N–H and O–H groups in total. The van der Waals surface area contributed by atoms with Gasteiger partial charge >= 0.3 is 0 Å². The largest absolute Gasteiger partial charge is 0.378 e. The van der Waals surface area contributed by atoms with Crippen molar-refractivity contribution < 1.29 is 22.3 Å². The molecule has 4 aliphatic heterocycles. The smallest absolute Gasteiger partial charge is 0.246 e. The summed E-state index contributed by atoms with van der Waals surface area (Å²) in [6.07, 6.45) is 8.95. The molecule has 0 spiro atoms. The number of amides is 1. The molecule has 48 heavy (non-hydrogen) atoms. The molecule has 0 radical (unpaired) electrons. The molecule has 4 aliphatic rings. The van der Waals surface area contributed by atoms with Crippen LogP contribution in [-0.4, -0.2) is 97.3 Å². The van der Waals surface area contributed by atoms with Crippen LogP contribution in [0.5, 0.6) is 0 Å². The van der Waals surface area contributed by atoms with E-state index in [1.165, 1.54) is 13.2 Å². The van der Waals surface area contributed by atoms with Crippen LogP contribution in [-0.2, 0) is 19.4 Å². The van der Waals surface area contributed by atoms with Gasteiger partial charge in [-0.25, -0.2) is 22.8 Å². The van der Waals surface area contributed by atoms with Crippen molar-refractivity contribution in [3.8, 4) is 0 Å². The fourth-order valence-corrected chi connectivity index (χ4v) is 10.4. The molecular formula is C35H44FN7O4S. The monoisotopic (exact) mass is 677 g/mol. The van der Waals surface area contributed by atoms with Crippen molar-refractivity contribution in [2.45, 2.75) is 68.5 Å². The molecule has 0 unspecified atom stereocenters. The maximum Gasteiger partial charge on any atom is 0.246 e. The molecule has 6 heterocycles. The minimum atomic E-state index is -3.07. The second-order valence-electron chi connectivity index (χ2n) is 13.5. The van der Waals surface area contributed by atoms with Crippen LogP contribution in [0.3, 0.4) is 0 Å². The first-order chi connectivity index (χ1) is 23.3. The fraction of sp³-hybridized carbons (Fsp3) is 0.543. The van der Waals surface area contributed by atoms with Crippen molar-refractivity contribution >= 4 is 49.8 Å². The Balaban J connectivity index is 1.20. The maximum absolute atomic E-state index is 14.6.